The van der Waals surface area contributed by atoms with Crippen LogP contribution in [0.3, 0.4) is 0 Å². The first kappa shape index (κ1) is 17.4. The molecule has 0 heterocycles. The van der Waals surface area contributed by atoms with Crippen LogP contribution in [0.5, 0.6) is 0 Å². The number of ether oxygens (including phenoxy) is 2. The molecule has 0 aromatic carbocycles. The molecule has 5 heteroatoms. The zero-order chi connectivity index (χ0) is 13.6. The average Bonchev–Trinajstić information content (AvgIpc) is 2.38. The van der Waals surface area contributed by atoms with Gasteiger partial charge in [-0.1, -0.05) is 0 Å². The van der Waals surface area contributed by atoms with E-state index in [2.05, 4.69) is 5.32 Å². The van der Waals surface area contributed by atoms with Crippen molar-refractivity contribution in [1.29, 1.82) is 0 Å². The van der Waals surface area contributed by atoms with E-state index in [4.69, 9.17) is 9.47 Å². The third-order valence-electron chi connectivity index (χ3n) is 2.69. The van der Waals surface area contributed by atoms with E-state index in [9.17, 15) is 4.79 Å². The van der Waals surface area contributed by atoms with E-state index in [0.717, 1.165) is 45.8 Å². The summed E-state index contributed by atoms with van der Waals surface area (Å²) < 4.78 is 10.3. The first-order valence-electron chi connectivity index (χ1n) is 6.81. The molecular formula is C13H28N2O3. The molecule has 0 saturated carbocycles. The molecule has 5 nitrogen and oxygen atoms in total. The van der Waals surface area contributed by atoms with E-state index in [1.54, 1.807) is 7.11 Å². The molecule has 0 saturated heterocycles. The van der Waals surface area contributed by atoms with Crippen molar-refractivity contribution in [2.75, 3.05) is 53.1 Å². The molecule has 0 unspecified atom stereocenters. The van der Waals surface area contributed by atoms with Crippen LogP contribution in [0, 0.1) is 0 Å². The van der Waals surface area contributed by atoms with Crippen molar-refractivity contribution in [3.05, 3.63) is 0 Å². The van der Waals surface area contributed by atoms with Crippen molar-refractivity contribution in [3.8, 4) is 0 Å². The fourth-order valence-corrected chi connectivity index (χ4v) is 1.61. The summed E-state index contributed by atoms with van der Waals surface area (Å²) in [4.78, 5) is 13.5. The molecule has 0 bridgehead atoms. The van der Waals surface area contributed by atoms with Gasteiger partial charge in [0.05, 0.1) is 6.61 Å². The second-order valence-corrected chi connectivity index (χ2v) is 4.02. The lowest BCUT2D eigenvalue weighted by molar-refractivity contribution is -0.130. The maximum Gasteiger partial charge on any atom is 0.223 e. The van der Waals surface area contributed by atoms with Gasteiger partial charge in [0.15, 0.2) is 0 Å². The van der Waals surface area contributed by atoms with Crippen LogP contribution in [0.1, 0.15) is 26.7 Å². The minimum absolute atomic E-state index is 0.216. The predicted molar refractivity (Wildman–Crippen MR) is 72.7 cm³/mol. The van der Waals surface area contributed by atoms with Crippen LogP contribution in [0.2, 0.25) is 0 Å². The highest BCUT2D eigenvalue weighted by Crippen LogP contribution is 1.92. The summed E-state index contributed by atoms with van der Waals surface area (Å²) in [6.07, 6.45) is 1.49. The van der Waals surface area contributed by atoms with Gasteiger partial charge in [-0.3, -0.25) is 4.79 Å². The molecule has 0 aromatic rings. The molecule has 0 radical (unpaired) electrons. The normalized spacial score (nSPS) is 10.6. The van der Waals surface area contributed by atoms with E-state index in [1.165, 1.54) is 0 Å². The van der Waals surface area contributed by atoms with Crippen LogP contribution in [0.25, 0.3) is 0 Å². The molecule has 0 rings (SSSR count). The maximum atomic E-state index is 11.7. The number of carbonyl (C=O) groups is 1. The van der Waals surface area contributed by atoms with Crippen molar-refractivity contribution < 1.29 is 14.3 Å². The van der Waals surface area contributed by atoms with Crippen molar-refractivity contribution >= 4 is 5.91 Å². The zero-order valence-electron chi connectivity index (χ0n) is 12.0. The molecule has 0 fully saturated rings. The molecule has 0 aromatic heterocycles. The Balaban J connectivity index is 3.27. The Bertz CT molecular complexity index is 197. The van der Waals surface area contributed by atoms with Gasteiger partial charge in [0.25, 0.3) is 0 Å². The molecule has 1 N–H and O–H groups in total. The molecule has 0 aliphatic rings. The van der Waals surface area contributed by atoms with Gasteiger partial charge in [0.1, 0.15) is 0 Å². The lowest BCUT2D eigenvalue weighted by Crippen LogP contribution is -2.33. The number of hydrogen-bond acceptors (Lipinski definition) is 4. The molecule has 0 spiro atoms. The number of carbonyl (C=O) groups excluding carboxylic acids is 1. The third kappa shape index (κ3) is 9.39. The van der Waals surface area contributed by atoms with Gasteiger partial charge < -0.3 is 19.7 Å². The molecular weight excluding hydrogens is 232 g/mol. The number of hydrogen-bond donors (Lipinski definition) is 1. The van der Waals surface area contributed by atoms with Gasteiger partial charge in [0, 0.05) is 52.9 Å². The minimum Gasteiger partial charge on any atom is -0.385 e. The summed E-state index contributed by atoms with van der Waals surface area (Å²) in [5.41, 5.74) is 0. The molecule has 1 amide bonds. The lowest BCUT2D eigenvalue weighted by atomic mass is 10.3. The van der Waals surface area contributed by atoms with E-state index in [1.807, 2.05) is 18.7 Å². The summed E-state index contributed by atoms with van der Waals surface area (Å²) in [5.74, 6) is 0.216. The summed E-state index contributed by atoms with van der Waals surface area (Å²) >= 11 is 0. The topological polar surface area (TPSA) is 50.8 Å². The molecule has 18 heavy (non-hydrogen) atoms. The quantitative estimate of drug-likeness (QED) is 0.529. The van der Waals surface area contributed by atoms with Crippen LogP contribution < -0.4 is 5.32 Å². The van der Waals surface area contributed by atoms with Gasteiger partial charge in [-0.15, -0.1) is 0 Å². The van der Waals surface area contributed by atoms with Crippen LogP contribution in [0.15, 0.2) is 0 Å². The van der Waals surface area contributed by atoms with E-state index in [-0.39, 0.29) is 5.91 Å². The average molecular weight is 260 g/mol. The fraction of sp³-hybridized carbons (Fsp3) is 0.923. The largest absolute Gasteiger partial charge is 0.385 e. The number of methoxy groups -OCH3 is 1. The smallest absolute Gasteiger partial charge is 0.223 e. The summed E-state index contributed by atoms with van der Waals surface area (Å²) in [6, 6.07) is 0. The van der Waals surface area contributed by atoms with Crippen LogP contribution in [-0.4, -0.2) is 63.9 Å². The highest BCUT2D eigenvalue weighted by Gasteiger charge is 2.07. The van der Waals surface area contributed by atoms with Gasteiger partial charge in [-0.2, -0.15) is 0 Å². The van der Waals surface area contributed by atoms with E-state index in [0.29, 0.717) is 13.0 Å². The first-order valence-corrected chi connectivity index (χ1v) is 6.81. The third-order valence-corrected chi connectivity index (χ3v) is 2.69. The molecule has 0 aliphatic carbocycles. The highest BCUT2D eigenvalue weighted by molar-refractivity contribution is 5.76. The number of rotatable bonds is 12. The van der Waals surface area contributed by atoms with E-state index >= 15 is 0 Å². The standard InChI is InChI=1S/C13H28N2O3/c1-4-15(5-2)13(16)7-8-14-9-12-18-11-6-10-17-3/h14H,4-12H2,1-3H3. The summed E-state index contributed by atoms with van der Waals surface area (Å²) in [6.45, 7) is 9.25. The van der Waals surface area contributed by atoms with Gasteiger partial charge in [0.2, 0.25) is 5.91 Å². The van der Waals surface area contributed by atoms with E-state index < -0.39 is 0 Å². The van der Waals surface area contributed by atoms with Crippen LogP contribution in [-0.2, 0) is 14.3 Å². The SMILES string of the molecule is CCN(CC)C(=O)CCNCCOCCCOC. The van der Waals surface area contributed by atoms with Crippen molar-refractivity contribution in [2.24, 2.45) is 0 Å². The Kier molecular flexibility index (Phi) is 12.3. The van der Waals surface area contributed by atoms with Crippen molar-refractivity contribution in [3.63, 3.8) is 0 Å². The highest BCUT2D eigenvalue weighted by atomic mass is 16.5. The maximum absolute atomic E-state index is 11.7. The Morgan fingerprint density at radius 2 is 1.83 bits per heavy atom. The van der Waals surface area contributed by atoms with Gasteiger partial charge >= 0.3 is 0 Å². The second-order valence-electron chi connectivity index (χ2n) is 4.02. The number of amides is 1. The van der Waals surface area contributed by atoms with Crippen molar-refractivity contribution in [2.45, 2.75) is 26.7 Å². The predicted octanol–water partition coefficient (Wildman–Crippen LogP) is 0.888. The van der Waals surface area contributed by atoms with Crippen LogP contribution >= 0.6 is 0 Å². The Hall–Kier alpha value is -0.650. The van der Waals surface area contributed by atoms with Gasteiger partial charge in [-0.25, -0.2) is 0 Å². The number of nitrogens with one attached hydrogen (secondary N) is 1. The van der Waals surface area contributed by atoms with Crippen molar-refractivity contribution in [1.82, 2.24) is 10.2 Å². The molecule has 0 aliphatic heterocycles. The molecule has 108 valence electrons. The summed E-state index contributed by atoms with van der Waals surface area (Å²) in [7, 11) is 1.69. The number of nitrogens with zero attached hydrogens (tertiary/aromatic N) is 1. The monoisotopic (exact) mass is 260 g/mol. The second kappa shape index (κ2) is 12.8. The Morgan fingerprint density at radius 3 is 2.44 bits per heavy atom. The zero-order valence-corrected chi connectivity index (χ0v) is 12.0. The van der Waals surface area contributed by atoms with Gasteiger partial charge in [-0.05, 0) is 20.3 Å². The van der Waals surface area contributed by atoms with Crippen LogP contribution in [0.4, 0.5) is 0 Å². The first-order chi connectivity index (χ1) is 8.76. The Labute approximate surface area is 111 Å². The Morgan fingerprint density at radius 1 is 1.11 bits per heavy atom. The fourth-order valence-electron chi connectivity index (χ4n) is 1.61. The molecule has 0 atom stereocenters. The lowest BCUT2D eigenvalue weighted by Gasteiger charge is -2.18. The minimum atomic E-state index is 0.216. The summed E-state index contributed by atoms with van der Waals surface area (Å²) in [5, 5.41) is 3.21.